The van der Waals surface area contributed by atoms with Gasteiger partial charge in [-0.3, -0.25) is 4.79 Å². The van der Waals surface area contributed by atoms with Gasteiger partial charge in [-0.2, -0.15) is 5.10 Å². The molecular formula is C22H23N3O4. The first-order valence-electron chi connectivity index (χ1n) is 9.25. The van der Waals surface area contributed by atoms with Gasteiger partial charge in [0.2, 0.25) is 5.69 Å². The molecule has 0 spiro atoms. The lowest BCUT2D eigenvalue weighted by atomic mass is 10.1. The summed E-state index contributed by atoms with van der Waals surface area (Å²) in [6, 6.07) is 18.6. The Balaban J connectivity index is 1.67. The predicted octanol–water partition coefficient (Wildman–Crippen LogP) is 3.30. The summed E-state index contributed by atoms with van der Waals surface area (Å²) in [6.07, 6.45) is 0.606. The van der Waals surface area contributed by atoms with E-state index in [0.29, 0.717) is 0 Å². The molecule has 0 aliphatic heterocycles. The Morgan fingerprint density at radius 1 is 1.00 bits per heavy atom. The van der Waals surface area contributed by atoms with Crippen LogP contribution in [-0.4, -0.2) is 34.9 Å². The summed E-state index contributed by atoms with van der Waals surface area (Å²) in [5, 5.41) is 7.10. The molecule has 150 valence electrons. The molecule has 7 heteroatoms. The number of hydrogen-bond acceptors (Lipinski definition) is 5. The second-order valence-electron chi connectivity index (χ2n) is 6.51. The number of para-hydroxylation sites is 1. The third-order valence-electron chi connectivity index (χ3n) is 4.43. The molecule has 0 aliphatic rings. The number of amides is 1. The van der Waals surface area contributed by atoms with Gasteiger partial charge in [0.05, 0.1) is 25.0 Å². The zero-order valence-corrected chi connectivity index (χ0v) is 16.5. The molecule has 3 rings (SSSR count). The van der Waals surface area contributed by atoms with E-state index in [1.165, 1.54) is 18.7 Å². The summed E-state index contributed by atoms with van der Waals surface area (Å²) in [5.74, 6) is -0.855. The van der Waals surface area contributed by atoms with E-state index < -0.39 is 18.0 Å². The molecule has 0 unspecified atom stereocenters. The lowest BCUT2D eigenvalue weighted by molar-refractivity contribution is -0.129. The number of hydrogen-bond donors (Lipinski definition) is 1. The maximum Gasteiger partial charge on any atom is 0.363 e. The fraction of sp³-hybridized carbons (Fsp3) is 0.227. The standard InChI is InChI=1S/C22H23N3O4/c1-15(17-10-6-4-7-11-17)23-21(26)16(2)29-22(27)20-19(28-3)14-25(24-20)18-12-8-5-9-13-18/h4-16H,1-3H3,(H,23,26)/t15-,16+/m0/s1. The summed E-state index contributed by atoms with van der Waals surface area (Å²) in [4.78, 5) is 25.0. The van der Waals surface area contributed by atoms with Gasteiger partial charge in [0.25, 0.3) is 5.91 Å². The quantitative estimate of drug-likeness (QED) is 0.623. The average molecular weight is 393 g/mol. The highest BCUT2D eigenvalue weighted by Crippen LogP contribution is 2.21. The first kappa shape index (κ1) is 20.1. The molecule has 2 aromatic carbocycles. The Kier molecular flexibility index (Phi) is 6.29. The van der Waals surface area contributed by atoms with E-state index in [9.17, 15) is 9.59 Å². The Morgan fingerprint density at radius 2 is 1.62 bits per heavy atom. The Bertz CT molecular complexity index is 970. The molecule has 0 radical (unpaired) electrons. The fourth-order valence-corrected chi connectivity index (χ4v) is 2.79. The van der Waals surface area contributed by atoms with Crippen LogP contribution in [0.5, 0.6) is 5.75 Å². The Morgan fingerprint density at radius 3 is 2.24 bits per heavy atom. The molecular weight excluding hydrogens is 370 g/mol. The molecule has 29 heavy (non-hydrogen) atoms. The Labute approximate surface area is 169 Å². The maximum atomic E-state index is 12.6. The van der Waals surface area contributed by atoms with Gasteiger partial charge in [-0.15, -0.1) is 0 Å². The molecule has 1 aromatic heterocycles. The van der Waals surface area contributed by atoms with Gasteiger partial charge in [0.15, 0.2) is 11.9 Å². The molecule has 1 heterocycles. The van der Waals surface area contributed by atoms with Crippen molar-refractivity contribution < 1.29 is 19.1 Å². The number of esters is 1. The van der Waals surface area contributed by atoms with E-state index in [2.05, 4.69) is 10.4 Å². The maximum absolute atomic E-state index is 12.6. The number of methoxy groups -OCH3 is 1. The number of carbonyl (C=O) groups excluding carboxylic acids is 2. The molecule has 7 nitrogen and oxygen atoms in total. The highest BCUT2D eigenvalue weighted by Gasteiger charge is 2.25. The second-order valence-corrected chi connectivity index (χ2v) is 6.51. The topological polar surface area (TPSA) is 82.5 Å². The highest BCUT2D eigenvalue weighted by molar-refractivity contribution is 5.93. The summed E-state index contributed by atoms with van der Waals surface area (Å²) in [5.41, 5.74) is 1.74. The summed E-state index contributed by atoms with van der Waals surface area (Å²) in [7, 11) is 1.45. The lowest BCUT2D eigenvalue weighted by Gasteiger charge is -2.18. The minimum atomic E-state index is -0.986. The largest absolute Gasteiger partial charge is 0.493 e. The summed E-state index contributed by atoms with van der Waals surface area (Å²) >= 11 is 0. The molecule has 0 saturated heterocycles. The zero-order chi connectivity index (χ0) is 20.8. The zero-order valence-electron chi connectivity index (χ0n) is 16.5. The van der Waals surface area contributed by atoms with E-state index in [4.69, 9.17) is 9.47 Å². The number of aromatic nitrogens is 2. The van der Waals surface area contributed by atoms with Crippen molar-refractivity contribution in [2.24, 2.45) is 0 Å². The van der Waals surface area contributed by atoms with E-state index in [1.807, 2.05) is 67.6 Å². The van der Waals surface area contributed by atoms with E-state index in [1.54, 1.807) is 6.20 Å². The van der Waals surface area contributed by atoms with Gasteiger partial charge in [0, 0.05) is 0 Å². The van der Waals surface area contributed by atoms with E-state index in [-0.39, 0.29) is 17.5 Å². The normalized spacial score (nSPS) is 12.7. The number of carbonyl (C=O) groups is 2. The molecule has 3 aromatic rings. The van der Waals surface area contributed by atoms with Gasteiger partial charge >= 0.3 is 5.97 Å². The summed E-state index contributed by atoms with van der Waals surface area (Å²) < 4.78 is 12.1. The van der Waals surface area contributed by atoms with Crippen LogP contribution in [0.3, 0.4) is 0 Å². The van der Waals surface area contributed by atoms with Crippen LogP contribution in [0.2, 0.25) is 0 Å². The van der Waals surface area contributed by atoms with Gasteiger partial charge in [-0.05, 0) is 31.5 Å². The van der Waals surface area contributed by atoms with Gasteiger partial charge in [-0.1, -0.05) is 48.5 Å². The average Bonchev–Trinajstić information content (AvgIpc) is 3.19. The molecule has 1 N–H and O–H groups in total. The van der Waals surface area contributed by atoms with Gasteiger partial charge in [0.1, 0.15) is 0 Å². The van der Waals surface area contributed by atoms with Crippen LogP contribution in [0, 0.1) is 0 Å². The third kappa shape index (κ3) is 4.82. The van der Waals surface area contributed by atoms with Crippen LogP contribution < -0.4 is 10.1 Å². The highest BCUT2D eigenvalue weighted by atomic mass is 16.6. The number of benzene rings is 2. The van der Waals surface area contributed by atoms with Crippen LogP contribution in [0.25, 0.3) is 5.69 Å². The first-order chi connectivity index (χ1) is 14.0. The third-order valence-corrected chi connectivity index (χ3v) is 4.43. The van der Waals surface area contributed by atoms with Crippen molar-refractivity contribution in [3.63, 3.8) is 0 Å². The molecule has 0 bridgehead atoms. The molecule has 0 saturated carbocycles. The van der Waals surface area contributed by atoms with Crippen LogP contribution in [0.4, 0.5) is 0 Å². The fourth-order valence-electron chi connectivity index (χ4n) is 2.79. The lowest BCUT2D eigenvalue weighted by Crippen LogP contribution is -2.37. The van der Waals surface area contributed by atoms with Crippen molar-refractivity contribution in [1.82, 2.24) is 15.1 Å². The van der Waals surface area contributed by atoms with Gasteiger partial charge in [-0.25, -0.2) is 9.48 Å². The van der Waals surface area contributed by atoms with Crippen molar-refractivity contribution in [2.45, 2.75) is 26.0 Å². The minimum absolute atomic E-state index is 0.00658. The van der Waals surface area contributed by atoms with Crippen molar-refractivity contribution in [3.05, 3.63) is 78.1 Å². The smallest absolute Gasteiger partial charge is 0.363 e. The van der Waals surface area contributed by atoms with Crippen molar-refractivity contribution >= 4 is 11.9 Å². The number of nitrogens with one attached hydrogen (secondary N) is 1. The van der Waals surface area contributed by atoms with E-state index in [0.717, 1.165) is 11.3 Å². The monoisotopic (exact) mass is 393 g/mol. The molecule has 0 fully saturated rings. The Hall–Kier alpha value is -3.61. The minimum Gasteiger partial charge on any atom is -0.493 e. The van der Waals surface area contributed by atoms with Crippen LogP contribution in [0.1, 0.15) is 35.9 Å². The first-order valence-corrected chi connectivity index (χ1v) is 9.25. The second kappa shape index (κ2) is 9.05. The molecule has 2 atom stereocenters. The SMILES string of the molecule is COc1cn(-c2ccccc2)nc1C(=O)O[C@H](C)C(=O)N[C@@H](C)c1ccccc1. The van der Waals surface area contributed by atoms with Crippen molar-refractivity contribution in [1.29, 1.82) is 0 Å². The number of rotatable bonds is 7. The number of ether oxygens (including phenoxy) is 2. The molecule has 1 amide bonds. The van der Waals surface area contributed by atoms with Crippen molar-refractivity contribution in [3.8, 4) is 11.4 Å². The van der Waals surface area contributed by atoms with Crippen LogP contribution in [-0.2, 0) is 9.53 Å². The van der Waals surface area contributed by atoms with Crippen molar-refractivity contribution in [2.75, 3.05) is 7.11 Å². The number of nitrogens with zero attached hydrogens (tertiary/aromatic N) is 2. The van der Waals surface area contributed by atoms with Gasteiger partial charge < -0.3 is 14.8 Å². The van der Waals surface area contributed by atoms with Crippen LogP contribution >= 0.6 is 0 Å². The predicted molar refractivity (Wildman–Crippen MR) is 108 cm³/mol. The van der Waals surface area contributed by atoms with Crippen LogP contribution in [0.15, 0.2) is 66.9 Å². The van der Waals surface area contributed by atoms with E-state index >= 15 is 0 Å². The summed E-state index contributed by atoms with van der Waals surface area (Å²) in [6.45, 7) is 3.39. The molecule has 0 aliphatic carbocycles.